The van der Waals surface area contributed by atoms with E-state index in [1.807, 2.05) is 0 Å². The zero-order valence-electron chi connectivity index (χ0n) is 9.94. The molecule has 0 aliphatic carbocycles. The van der Waals surface area contributed by atoms with Gasteiger partial charge < -0.3 is 9.47 Å². The molecule has 0 fully saturated rings. The van der Waals surface area contributed by atoms with Gasteiger partial charge in [-0.25, -0.2) is 4.79 Å². The van der Waals surface area contributed by atoms with Gasteiger partial charge in [-0.2, -0.15) is 0 Å². The minimum atomic E-state index is -0.597. The second-order valence-electron chi connectivity index (χ2n) is 3.70. The van der Waals surface area contributed by atoms with E-state index in [9.17, 15) is 9.59 Å². The first-order valence-electron chi connectivity index (χ1n) is 5.23. The van der Waals surface area contributed by atoms with E-state index >= 15 is 0 Å². The van der Waals surface area contributed by atoms with E-state index in [1.165, 1.54) is 36.6 Å². The Morgan fingerprint density at radius 3 is 2.89 bits per heavy atom. The predicted octanol–water partition coefficient (Wildman–Crippen LogP) is 1.42. The standard InChI is InChI=1S/C11H12ClNO4S/c1-16-9-6(4-12)3-8(14)13-7(11(15)17-2)5-18-10(9)13/h3,7H,4-5H2,1-2H3/t7-/m0/s1. The highest BCUT2D eigenvalue weighted by atomic mass is 35.5. The number of rotatable bonds is 3. The van der Waals surface area contributed by atoms with E-state index in [1.54, 1.807) is 0 Å². The fourth-order valence-electron chi connectivity index (χ4n) is 1.92. The van der Waals surface area contributed by atoms with Crippen molar-refractivity contribution >= 4 is 29.3 Å². The van der Waals surface area contributed by atoms with Crippen molar-refractivity contribution in [1.29, 1.82) is 0 Å². The molecule has 5 nitrogen and oxygen atoms in total. The minimum absolute atomic E-state index is 0.190. The van der Waals surface area contributed by atoms with Crippen molar-refractivity contribution in [1.82, 2.24) is 4.57 Å². The number of halogens is 1. The van der Waals surface area contributed by atoms with Gasteiger partial charge in [0.2, 0.25) is 0 Å². The lowest BCUT2D eigenvalue weighted by atomic mass is 10.2. The van der Waals surface area contributed by atoms with Crippen LogP contribution in [0.3, 0.4) is 0 Å². The molecule has 0 unspecified atom stereocenters. The summed E-state index contributed by atoms with van der Waals surface area (Å²) in [6.45, 7) is 0. The molecule has 18 heavy (non-hydrogen) atoms. The summed E-state index contributed by atoms with van der Waals surface area (Å²) in [4.78, 5) is 23.6. The van der Waals surface area contributed by atoms with E-state index in [4.69, 9.17) is 21.1 Å². The van der Waals surface area contributed by atoms with Gasteiger partial charge in [0.05, 0.1) is 20.1 Å². The van der Waals surface area contributed by atoms with Crippen LogP contribution in [0, 0.1) is 0 Å². The van der Waals surface area contributed by atoms with Gasteiger partial charge >= 0.3 is 5.97 Å². The maximum atomic E-state index is 12.0. The number of ether oxygens (including phenoxy) is 2. The lowest BCUT2D eigenvalue weighted by molar-refractivity contribution is -0.143. The summed E-state index contributed by atoms with van der Waals surface area (Å²) < 4.78 is 11.4. The molecule has 0 bridgehead atoms. The Balaban J connectivity index is 2.61. The molecule has 1 atom stereocenters. The molecule has 0 spiro atoms. The molecule has 1 aliphatic heterocycles. The van der Waals surface area contributed by atoms with Crippen LogP contribution in [0.4, 0.5) is 0 Å². The number of aromatic nitrogens is 1. The molecule has 98 valence electrons. The second kappa shape index (κ2) is 5.24. The molecule has 7 heteroatoms. The van der Waals surface area contributed by atoms with Crippen molar-refractivity contribution in [3.05, 3.63) is 22.0 Å². The minimum Gasteiger partial charge on any atom is -0.494 e. The van der Waals surface area contributed by atoms with Crippen LogP contribution in [0.1, 0.15) is 11.6 Å². The van der Waals surface area contributed by atoms with Crippen LogP contribution in [0.2, 0.25) is 0 Å². The first-order chi connectivity index (χ1) is 8.63. The first kappa shape index (κ1) is 13.3. The van der Waals surface area contributed by atoms with Crippen molar-refractivity contribution in [2.24, 2.45) is 0 Å². The molecule has 0 N–H and O–H groups in total. The monoisotopic (exact) mass is 289 g/mol. The highest BCUT2D eigenvalue weighted by Crippen LogP contribution is 2.40. The maximum Gasteiger partial charge on any atom is 0.329 e. The highest BCUT2D eigenvalue weighted by molar-refractivity contribution is 7.99. The Hall–Kier alpha value is -1.14. The van der Waals surface area contributed by atoms with Crippen molar-refractivity contribution in [2.75, 3.05) is 20.0 Å². The number of hydrogen-bond acceptors (Lipinski definition) is 5. The van der Waals surface area contributed by atoms with Gasteiger partial charge in [-0.05, 0) is 0 Å². The molecule has 0 saturated heterocycles. The summed E-state index contributed by atoms with van der Waals surface area (Å²) in [7, 11) is 2.82. The largest absolute Gasteiger partial charge is 0.494 e. The average molecular weight is 290 g/mol. The Labute approximate surface area is 113 Å². The highest BCUT2D eigenvalue weighted by Gasteiger charge is 2.33. The van der Waals surface area contributed by atoms with Gasteiger partial charge in [0.25, 0.3) is 5.56 Å². The number of pyridine rings is 1. The van der Waals surface area contributed by atoms with Crippen LogP contribution in [0.15, 0.2) is 15.9 Å². The third-order valence-electron chi connectivity index (χ3n) is 2.75. The first-order valence-corrected chi connectivity index (χ1v) is 6.75. The number of carbonyl (C=O) groups excluding carboxylic acids is 1. The summed E-state index contributed by atoms with van der Waals surface area (Å²) in [5, 5.41) is 0.635. The third-order valence-corrected chi connectivity index (χ3v) is 4.18. The number of thioether (sulfide) groups is 1. The lowest BCUT2D eigenvalue weighted by Gasteiger charge is -2.14. The van der Waals surface area contributed by atoms with E-state index in [0.717, 1.165) is 0 Å². The molecule has 0 saturated carbocycles. The van der Waals surface area contributed by atoms with E-state index in [-0.39, 0.29) is 11.4 Å². The number of hydrogen-bond donors (Lipinski definition) is 0. The number of carbonyl (C=O) groups is 1. The van der Waals surface area contributed by atoms with Crippen molar-refractivity contribution in [2.45, 2.75) is 16.9 Å². The molecule has 2 rings (SSSR count). The summed E-state index contributed by atoms with van der Waals surface area (Å²) in [6.07, 6.45) is 0. The summed E-state index contributed by atoms with van der Waals surface area (Å²) in [6, 6.07) is 0.803. The number of esters is 1. The summed E-state index contributed by atoms with van der Waals surface area (Å²) in [5.74, 6) is 0.782. The van der Waals surface area contributed by atoms with Crippen LogP contribution in [0.5, 0.6) is 5.75 Å². The maximum absolute atomic E-state index is 12.0. The van der Waals surface area contributed by atoms with Crippen LogP contribution >= 0.6 is 23.4 Å². The average Bonchev–Trinajstić information content (AvgIpc) is 2.82. The van der Waals surface area contributed by atoms with E-state index < -0.39 is 12.0 Å². The Kier molecular flexibility index (Phi) is 3.87. The van der Waals surface area contributed by atoms with Crippen molar-refractivity contribution in [3.8, 4) is 5.75 Å². The topological polar surface area (TPSA) is 57.5 Å². The summed E-state index contributed by atoms with van der Waals surface area (Å²) in [5.41, 5.74) is 0.371. The van der Waals surface area contributed by atoms with Crippen LogP contribution in [0.25, 0.3) is 0 Å². The molecule has 1 aromatic rings. The smallest absolute Gasteiger partial charge is 0.329 e. The van der Waals surface area contributed by atoms with Gasteiger partial charge in [0.15, 0.2) is 5.75 Å². The molecule has 1 aliphatic rings. The Morgan fingerprint density at radius 1 is 1.61 bits per heavy atom. The second-order valence-corrected chi connectivity index (χ2v) is 4.98. The molecule has 2 heterocycles. The number of fused-ring (bicyclic) bond motifs is 1. The molecule has 0 radical (unpaired) electrons. The Bertz CT molecular complexity index is 543. The van der Waals surface area contributed by atoms with Crippen molar-refractivity contribution in [3.63, 3.8) is 0 Å². The fourth-order valence-corrected chi connectivity index (χ4v) is 3.42. The van der Waals surface area contributed by atoms with Crippen molar-refractivity contribution < 1.29 is 14.3 Å². The van der Waals surface area contributed by atoms with Crippen LogP contribution < -0.4 is 10.3 Å². The van der Waals surface area contributed by atoms with E-state index in [2.05, 4.69) is 0 Å². The van der Waals surface area contributed by atoms with Crippen LogP contribution in [-0.2, 0) is 15.4 Å². The number of alkyl halides is 1. The van der Waals surface area contributed by atoms with Gasteiger partial charge in [-0.1, -0.05) is 0 Å². The fraction of sp³-hybridized carbons (Fsp3) is 0.455. The Morgan fingerprint density at radius 2 is 2.33 bits per heavy atom. The number of methoxy groups -OCH3 is 2. The summed E-state index contributed by atoms with van der Waals surface area (Å²) >= 11 is 7.17. The molecular weight excluding hydrogens is 278 g/mol. The zero-order chi connectivity index (χ0) is 13.3. The molecule has 0 amide bonds. The van der Waals surface area contributed by atoms with Gasteiger partial charge in [-0.15, -0.1) is 23.4 Å². The lowest BCUT2D eigenvalue weighted by Crippen LogP contribution is -2.29. The zero-order valence-corrected chi connectivity index (χ0v) is 11.5. The normalized spacial score (nSPS) is 17.4. The van der Waals surface area contributed by atoms with Gasteiger partial charge in [-0.3, -0.25) is 9.36 Å². The molecule has 0 aromatic carbocycles. The SMILES string of the molecule is COC(=O)[C@@H]1CSc2c(OC)c(CCl)cc(=O)n21. The van der Waals surface area contributed by atoms with Crippen LogP contribution in [-0.4, -0.2) is 30.5 Å². The third kappa shape index (κ3) is 1.99. The van der Waals surface area contributed by atoms with Gasteiger partial charge in [0.1, 0.15) is 11.1 Å². The van der Waals surface area contributed by atoms with Gasteiger partial charge in [0, 0.05) is 17.4 Å². The quantitative estimate of drug-likeness (QED) is 0.622. The predicted molar refractivity (Wildman–Crippen MR) is 68.6 cm³/mol. The number of nitrogens with zero attached hydrogens (tertiary/aromatic N) is 1. The molecular formula is C11H12ClNO4S. The van der Waals surface area contributed by atoms with E-state index in [0.29, 0.717) is 22.1 Å². The molecule has 1 aromatic heterocycles.